The molecule has 0 bridgehead atoms. The molecule has 0 aliphatic rings. The van der Waals surface area contributed by atoms with Gasteiger partial charge in [0.2, 0.25) is 0 Å². The smallest absolute Gasteiger partial charge is 0.255 e. The van der Waals surface area contributed by atoms with E-state index in [0.717, 1.165) is 0 Å². The number of ether oxygens (including phenoxy) is 1. The maximum Gasteiger partial charge on any atom is 0.255 e. The number of rotatable bonds is 6. The van der Waals surface area contributed by atoms with Crippen molar-refractivity contribution in [2.75, 3.05) is 17.2 Å². The van der Waals surface area contributed by atoms with Crippen molar-refractivity contribution in [1.29, 1.82) is 0 Å². The molecule has 0 radical (unpaired) electrons. The molecule has 0 unspecified atom stereocenters. The zero-order valence-corrected chi connectivity index (χ0v) is 14.9. The van der Waals surface area contributed by atoms with E-state index >= 15 is 0 Å². The summed E-state index contributed by atoms with van der Waals surface area (Å²) in [5, 5.41) is 5.65. The number of amides is 2. The van der Waals surface area contributed by atoms with Crippen LogP contribution < -0.4 is 15.4 Å². The van der Waals surface area contributed by atoms with Crippen LogP contribution in [0.15, 0.2) is 78.9 Å². The van der Waals surface area contributed by atoms with Crippen LogP contribution in [0.3, 0.4) is 0 Å². The molecule has 3 aromatic rings. The first-order chi connectivity index (χ1) is 13.2. The van der Waals surface area contributed by atoms with Gasteiger partial charge >= 0.3 is 0 Å². The monoisotopic (exact) mass is 360 g/mol. The second kappa shape index (κ2) is 8.67. The van der Waals surface area contributed by atoms with E-state index in [2.05, 4.69) is 10.6 Å². The SMILES string of the molecule is CCOc1ccccc1NC(=O)c1cccc(NC(=O)c2ccccc2)c1. The summed E-state index contributed by atoms with van der Waals surface area (Å²) in [6.07, 6.45) is 0. The van der Waals surface area contributed by atoms with Crippen LogP contribution in [0.25, 0.3) is 0 Å². The molecule has 5 nitrogen and oxygen atoms in total. The highest BCUT2D eigenvalue weighted by molar-refractivity contribution is 6.07. The van der Waals surface area contributed by atoms with Gasteiger partial charge in [0.1, 0.15) is 5.75 Å². The Kier molecular flexibility index (Phi) is 5.84. The minimum atomic E-state index is -0.280. The van der Waals surface area contributed by atoms with Crippen molar-refractivity contribution in [3.8, 4) is 5.75 Å². The summed E-state index contributed by atoms with van der Waals surface area (Å²) in [7, 11) is 0. The average molecular weight is 360 g/mol. The topological polar surface area (TPSA) is 67.4 Å². The second-order valence-electron chi connectivity index (χ2n) is 5.78. The molecular formula is C22H20N2O3. The molecule has 0 heterocycles. The highest BCUT2D eigenvalue weighted by Crippen LogP contribution is 2.24. The van der Waals surface area contributed by atoms with Crippen molar-refractivity contribution in [2.24, 2.45) is 0 Å². The number of hydrogen-bond donors (Lipinski definition) is 2. The summed E-state index contributed by atoms with van der Waals surface area (Å²) in [4.78, 5) is 24.9. The Morgan fingerprint density at radius 1 is 0.778 bits per heavy atom. The summed E-state index contributed by atoms with van der Waals surface area (Å²) >= 11 is 0. The van der Waals surface area contributed by atoms with Crippen LogP contribution in [0, 0.1) is 0 Å². The Hall–Kier alpha value is -3.60. The van der Waals surface area contributed by atoms with Crippen LogP contribution in [0.5, 0.6) is 5.75 Å². The molecule has 2 N–H and O–H groups in total. The Bertz CT molecular complexity index is 939. The van der Waals surface area contributed by atoms with Crippen molar-refractivity contribution >= 4 is 23.2 Å². The van der Waals surface area contributed by atoms with Crippen LogP contribution in [0.4, 0.5) is 11.4 Å². The molecule has 27 heavy (non-hydrogen) atoms. The number of hydrogen-bond acceptors (Lipinski definition) is 3. The van der Waals surface area contributed by atoms with E-state index in [1.165, 1.54) is 0 Å². The molecule has 2 amide bonds. The summed E-state index contributed by atoms with van der Waals surface area (Å²) in [5.41, 5.74) is 2.14. The third kappa shape index (κ3) is 4.73. The van der Waals surface area contributed by atoms with Crippen LogP contribution in [-0.4, -0.2) is 18.4 Å². The molecule has 0 fully saturated rings. The molecule has 0 aliphatic carbocycles. The molecule has 3 rings (SSSR count). The Labute approximate surface area is 158 Å². The molecule has 0 aliphatic heterocycles. The summed E-state index contributed by atoms with van der Waals surface area (Å²) in [6.45, 7) is 2.39. The minimum Gasteiger partial charge on any atom is -0.492 e. The van der Waals surface area contributed by atoms with Gasteiger partial charge in [0.25, 0.3) is 11.8 Å². The molecule has 0 saturated heterocycles. The molecular weight excluding hydrogens is 340 g/mol. The van der Waals surface area contributed by atoms with Gasteiger partial charge in [0.15, 0.2) is 0 Å². The zero-order valence-electron chi connectivity index (χ0n) is 14.9. The molecule has 136 valence electrons. The lowest BCUT2D eigenvalue weighted by Gasteiger charge is -2.12. The molecule has 3 aromatic carbocycles. The summed E-state index contributed by atoms with van der Waals surface area (Å²) in [5.74, 6) is 0.106. The first-order valence-electron chi connectivity index (χ1n) is 8.67. The molecule has 5 heteroatoms. The van der Waals surface area contributed by atoms with Crippen molar-refractivity contribution in [3.05, 3.63) is 90.0 Å². The maximum absolute atomic E-state index is 12.6. The standard InChI is InChI=1S/C22H20N2O3/c1-2-27-20-14-7-6-13-19(20)24-22(26)17-11-8-12-18(15-17)23-21(25)16-9-4-3-5-10-16/h3-15H,2H2,1H3,(H,23,25)(H,24,26). The van der Waals surface area contributed by atoms with E-state index in [9.17, 15) is 9.59 Å². The van der Waals surface area contributed by atoms with Gasteiger partial charge < -0.3 is 15.4 Å². The summed E-state index contributed by atoms with van der Waals surface area (Å²) < 4.78 is 5.53. The molecule has 0 atom stereocenters. The Morgan fingerprint density at radius 3 is 2.22 bits per heavy atom. The van der Waals surface area contributed by atoms with Crippen molar-refractivity contribution in [1.82, 2.24) is 0 Å². The Morgan fingerprint density at radius 2 is 1.44 bits per heavy atom. The van der Waals surface area contributed by atoms with Crippen molar-refractivity contribution in [2.45, 2.75) is 6.92 Å². The van der Waals surface area contributed by atoms with E-state index in [1.807, 2.05) is 25.1 Å². The third-order valence-corrected chi connectivity index (χ3v) is 3.85. The maximum atomic E-state index is 12.6. The van der Waals surface area contributed by atoms with Gasteiger partial charge in [-0.2, -0.15) is 0 Å². The van der Waals surface area contributed by atoms with Gasteiger partial charge in [-0.3, -0.25) is 9.59 Å². The number of para-hydroxylation sites is 2. The van der Waals surface area contributed by atoms with Gasteiger partial charge in [-0.25, -0.2) is 0 Å². The predicted octanol–water partition coefficient (Wildman–Crippen LogP) is 4.59. The number of benzene rings is 3. The van der Waals surface area contributed by atoms with Gasteiger partial charge in [0, 0.05) is 16.8 Å². The van der Waals surface area contributed by atoms with E-state index in [-0.39, 0.29) is 11.8 Å². The van der Waals surface area contributed by atoms with E-state index in [0.29, 0.717) is 34.9 Å². The summed E-state index contributed by atoms with van der Waals surface area (Å²) in [6, 6.07) is 23.0. The van der Waals surface area contributed by atoms with Gasteiger partial charge in [-0.1, -0.05) is 36.4 Å². The number of anilines is 2. The van der Waals surface area contributed by atoms with Crippen LogP contribution in [0.2, 0.25) is 0 Å². The molecule has 0 aromatic heterocycles. The highest BCUT2D eigenvalue weighted by Gasteiger charge is 2.11. The van der Waals surface area contributed by atoms with Crippen LogP contribution >= 0.6 is 0 Å². The third-order valence-electron chi connectivity index (χ3n) is 3.85. The number of carbonyl (C=O) groups is 2. The normalized spacial score (nSPS) is 10.1. The first-order valence-corrected chi connectivity index (χ1v) is 8.67. The van der Waals surface area contributed by atoms with Gasteiger partial charge in [-0.15, -0.1) is 0 Å². The fraction of sp³-hybridized carbons (Fsp3) is 0.0909. The lowest BCUT2D eigenvalue weighted by atomic mass is 10.1. The fourth-order valence-electron chi connectivity index (χ4n) is 2.58. The van der Waals surface area contributed by atoms with Crippen molar-refractivity contribution in [3.63, 3.8) is 0 Å². The zero-order chi connectivity index (χ0) is 19.1. The fourth-order valence-corrected chi connectivity index (χ4v) is 2.58. The Balaban J connectivity index is 1.73. The van der Waals surface area contributed by atoms with E-state index in [1.54, 1.807) is 60.7 Å². The van der Waals surface area contributed by atoms with Crippen molar-refractivity contribution < 1.29 is 14.3 Å². The quantitative estimate of drug-likeness (QED) is 0.676. The molecule has 0 saturated carbocycles. The van der Waals surface area contributed by atoms with Gasteiger partial charge in [0.05, 0.1) is 12.3 Å². The van der Waals surface area contributed by atoms with E-state index in [4.69, 9.17) is 4.74 Å². The first kappa shape index (κ1) is 18.2. The average Bonchev–Trinajstić information content (AvgIpc) is 2.70. The lowest BCUT2D eigenvalue weighted by Crippen LogP contribution is -2.15. The highest BCUT2D eigenvalue weighted by atomic mass is 16.5. The minimum absolute atomic E-state index is 0.227. The van der Waals surface area contributed by atoms with Crippen LogP contribution in [-0.2, 0) is 0 Å². The number of nitrogens with one attached hydrogen (secondary N) is 2. The second-order valence-corrected chi connectivity index (χ2v) is 5.78. The van der Waals surface area contributed by atoms with E-state index < -0.39 is 0 Å². The molecule has 0 spiro atoms. The number of carbonyl (C=O) groups excluding carboxylic acids is 2. The predicted molar refractivity (Wildman–Crippen MR) is 106 cm³/mol. The lowest BCUT2D eigenvalue weighted by molar-refractivity contribution is 0.101. The van der Waals surface area contributed by atoms with Crippen LogP contribution in [0.1, 0.15) is 27.6 Å². The largest absolute Gasteiger partial charge is 0.492 e. The van der Waals surface area contributed by atoms with Gasteiger partial charge in [-0.05, 0) is 49.4 Å².